The second-order valence-electron chi connectivity index (χ2n) is 5.68. The summed E-state index contributed by atoms with van der Waals surface area (Å²) in [7, 11) is 0. The molecule has 6 heteroatoms. The van der Waals surface area contributed by atoms with Crippen molar-refractivity contribution in [3.8, 4) is 0 Å². The summed E-state index contributed by atoms with van der Waals surface area (Å²) in [5.74, 6) is -2.03. The highest BCUT2D eigenvalue weighted by atomic mass is 19.4. The Hall–Kier alpha value is -1.43. The van der Waals surface area contributed by atoms with Gasteiger partial charge in [-0.05, 0) is 25.0 Å². The number of piperidine rings is 1. The topological polar surface area (TPSA) is 37.4 Å². The molecule has 21 heavy (non-hydrogen) atoms. The van der Waals surface area contributed by atoms with Gasteiger partial charge in [-0.15, -0.1) is 0 Å². The van der Waals surface area contributed by atoms with Gasteiger partial charge in [0.25, 0.3) is 0 Å². The van der Waals surface area contributed by atoms with Crippen LogP contribution in [0.25, 0.3) is 0 Å². The molecule has 0 aromatic carbocycles. The van der Waals surface area contributed by atoms with Gasteiger partial charge in [0, 0.05) is 24.6 Å². The van der Waals surface area contributed by atoms with Crippen LogP contribution in [-0.2, 0) is 9.59 Å². The molecule has 0 radical (unpaired) electrons. The Bertz CT molecular complexity index is 494. The normalized spacial score (nSPS) is 27.2. The van der Waals surface area contributed by atoms with E-state index in [0.29, 0.717) is 25.1 Å². The Balaban J connectivity index is 1.95. The van der Waals surface area contributed by atoms with E-state index in [1.54, 1.807) is 24.0 Å². The molecule has 0 bridgehead atoms. The van der Waals surface area contributed by atoms with Crippen molar-refractivity contribution < 1.29 is 22.8 Å². The highest BCUT2D eigenvalue weighted by molar-refractivity contribution is 6.33. The fourth-order valence-corrected chi connectivity index (χ4v) is 2.96. The summed E-state index contributed by atoms with van der Waals surface area (Å²) in [5.41, 5.74) is 1.31. The summed E-state index contributed by atoms with van der Waals surface area (Å²) in [6.45, 7) is 2.86. The first kappa shape index (κ1) is 15.9. The number of carbonyl (C=O) groups excluding carboxylic acids is 2. The van der Waals surface area contributed by atoms with E-state index in [1.165, 1.54) is 0 Å². The van der Waals surface area contributed by atoms with Crippen LogP contribution in [-0.4, -0.2) is 42.8 Å². The van der Waals surface area contributed by atoms with Crippen LogP contribution in [0.4, 0.5) is 13.2 Å². The average molecular weight is 301 g/mol. The third kappa shape index (κ3) is 3.61. The lowest BCUT2D eigenvalue weighted by molar-refractivity contribution is -0.186. The number of halogens is 3. The molecule has 2 atom stereocenters. The third-order valence-electron chi connectivity index (χ3n) is 4.27. The van der Waals surface area contributed by atoms with Gasteiger partial charge in [0.1, 0.15) is 0 Å². The molecule has 0 amide bonds. The second-order valence-corrected chi connectivity index (χ2v) is 5.68. The number of nitrogens with zero attached hydrogens (tertiary/aromatic N) is 1. The second kappa shape index (κ2) is 6.13. The lowest BCUT2D eigenvalue weighted by Gasteiger charge is -2.34. The fraction of sp³-hybridized carbons (Fsp3) is 0.600. The molecule has 0 aromatic heterocycles. The van der Waals surface area contributed by atoms with E-state index in [2.05, 4.69) is 0 Å². The van der Waals surface area contributed by atoms with Crippen LogP contribution in [0.15, 0.2) is 23.3 Å². The summed E-state index contributed by atoms with van der Waals surface area (Å²) < 4.78 is 38.4. The van der Waals surface area contributed by atoms with Gasteiger partial charge in [-0.1, -0.05) is 19.1 Å². The van der Waals surface area contributed by atoms with E-state index >= 15 is 0 Å². The molecule has 0 spiro atoms. The number of hydrogen-bond donors (Lipinski definition) is 0. The molecule has 0 saturated carbocycles. The Morgan fingerprint density at radius 1 is 1.43 bits per heavy atom. The Morgan fingerprint density at radius 3 is 2.76 bits per heavy atom. The molecule has 2 unspecified atom stereocenters. The zero-order chi connectivity index (χ0) is 15.6. The van der Waals surface area contributed by atoms with Crippen molar-refractivity contribution >= 4 is 12.1 Å². The number of ketones is 1. The predicted molar refractivity (Wildman–Crippen MR) is 71.6 cm³/mol. The summed E-state index contributed by atoms with van der Waals surface area (Å²) in [6.07, 6.45) is 0.187. The summed E-state index contributed by atoms with van der Waals surface area (Å²) in [6, 6.07) is 0. The number of likely N-dealkylation sites (tertiary alicyclic amines) is 1. The quantitative estimate of drug-likeness (QED) is 0.591. The summed E-state index contributed by atoms with van der Waals surface area (Å²) in [4.78, 5) is 23.7. The highest BCUT2D eigenvalue weighted by Gasteiger charge is 2.42. The maximum Gasteiger partial charge on any atom is 0.393 e. The number of rotatable bonds is 4. The minimum Gasteiger partial charge on any atom is -0.299 e. The average Bonchev–Trinajstić information content (AvgIpc) is 2.79. The summed E-state index contributed by atoms with van der Waals surface area (Å²) >= 11 is 0. The Kier molecular flexibility index (Phi) is 4.66. The van der Waals surface area contributed by atoms with Gasteiger partial charge in [-0.3, -0.25) is 14.5 Å². The standard InChI is InChI=1S/C15H18F3NO2/c1-10-11(4-5-13(10)14(21)9-20)7-19-6-2-3-12(8-19)15(16,17)18/h4-5,9-10,12H,2-3,6-8H2,1H3. The monoisotopic (exact) mass is 301 g/mol. The van der Waals surface area contributed by atoms with Crippen LogP contribution in [0.1, 0.15) is 19.8 Å². The van der Waals surface area contributed by atoms with E-state index in [1.807, 2.05) is 0 Å². The van der Waals surface area contributed by atoms with E-state index in [9.17, 15) is 22.8 Å². The van der Waals surface area contributed by atoms with Gasteiger partial charge in [-0.2, -0.15) is 13.2 Å². The largest absolute Gasteiger partial charge is 0.393 e. The number of Topliss-reactive ketones (excluding diaryl/α,β-unsaturated/α-hetero) is 1. The molecule has 3 nitrogen and oxygen atoms in total. The molecule has 2 aliphatic rings. The van der Waals surface area contributed by atoms with E-state index < -0.39 is 17.9 Å². The van der Waals surface area contributed by atoms with Crippen molar-refractivity contribution in [3.63, 3.8) is 0 Å². The van der Waals surface area contributed by atoms with Crippen molar-refractivity contribution in [2.45, 2.75) is 25.9 Å². The Labute approximate surface area is 121 Å². The van der Waals surface area contributed by atoms with Crippen LogP contribution in [0.5, 0.6) is 0 Å². The maximum atomic E-state index is 12.8. The minimum atomic E-state index is -4.15. The first-order valence-electron chi connectivity index (χ1n) is 7.02. The third-order valence-corrected chi connectivity index (χ3v) is 4.27. The van der Waals surface area contributed by atoms with Gasteiger partial charge in [0.2, 0.25) is 5.78 Å². The molecular weight excluding hydrogens is 283 g/mol. The molecular formula is C15H18F3NO2. The van der Waals surface area contributed by atoms with Crippen molar-refractivity contribution in [1.29, 1.82) is 0 Å². The molecule has 1 heterocycles. The molecule has 1 aliphatic heterocycles. The van der Waals surface area contributed by atoms with Crippen molar-refractivity contribution in [3.05, 3.63) is 23.3 Å². The van der Waals surface area contributed by atoms with Crippen molar-refractivity contribution in [2.24, 2.45) is 11.8 Å². The molecule has 0 aromatic rings. The van der Waals surface area contributed by atoms with E-state index in [4.69, 9.17) is 0 Å². The first-order valence-corrected chi connectivity index (χ1v) is 7.02. The SMILES string of the molecule is CC1C(CN2CCCC(C(F)(F)F)C2)=CC=C1C(=O)C=O. The van der Waals surface area contributed by atoms with Crippen molar-refractivity contribution in [1.82, 2.24) is 4.90 Å². The molecule has 0 N–H and O–H groups in total. The molecule has 1 aliphatic carbocycles. The lowest BCUT2D eigenvalue weighted by Crippen LogP contribution is -2.42. The van der Waals surface area contributed by atoms with Gasteiger partial charge in [-0.25, -0.2) is 0 Å². The van der Waals surface area contributed by atoms with Crippen LogP contribution < -0.4 is 0 Å². The van der Waals surface area contributed by atoms with Crippen LogP contribution >= 0.6 is 0 Å². The van der Waals surface area contributed by atoms with Crippen LogP contribution in [0.3, 0.4) is 0 Å². The number of hydrogen-bond acceptors (Lipinski definition) is 3. The fourth-order valence-electron chi connectivity index (χ4n) is 2.96. The molecule has 2 rings (SSSR count). The maximum absolute atomic E-state index is 12.8. The Morgan fingerprint density at radius 2 is 2.14 bits per heavy atom. The van der Waals surface area contributed by atoms with Gasteiger partial charge in [0.05, 0.1) is 5.92 Å². The van der Waals surface area contributed by atoms with Gasteiger partial charge >= 0.3 is 6.18 Å². The van der Waals surface area contributed by atoms with Crippen molar-refractivity contribution in [2.75, 3.05) is 19.6 Å². The van der Waals surface area contributed by atoms with Gasteiger partial charge < -0.3 is 0 Å². The number of alkyl halides is 3. The lowest BCUT2D eigenvalue weighted by atomic mass is 9.93. The van der Waals surface area contributed by atoms with Gasteiger partial charge in [0.15, 0.2) is 6.29 Å². The van der Waals surface area contributed by atoms with Crippen LogP contribution in [0, 0.1) is 11.8 Å². The van der Waals surface area contributed by atoms with E-state index in [0.717, 1.165) is 5.57 Å². The molecule has 1 fully saturated rings. The molecule has 116 valence electrons. The van der Waals surface area contributed by atoms with E-state index in [-0.39, 0.29) is 25.2 Å². The highest BCUT2D eigenvalue weighted by Crippen LogP contribution is 2.34. The smallest absolute Gasteiger partial charge is 0.299 e. The zero-order valence-corrected chi connectivity index (χ0v) is 11.8. The minimum absolute atomic E-state index is 0.00448. The zero-order valence-electron chi connectivity index (χ0n) is 11.8. The number of aldehydes is 1. The first-order chi connectivity index (χ1) is 9.82. The molecule has 1 saturated heterocycles. The summed E-state index contributed by atoms with van der Waals surface area (Å²) in [5, 5.41) is 0. The number of carbonyl (C=O) groups is 2. The van der Waals surface area contributed by atoms with Crippen LogP contribution in [0.2, 0.25) is 0 Å². The number of allylic oxidation sites excluding steroid dienone is 3. The predicted octanol–water partition coefficient (Wildman–Crippen LogP) is 2.53.